The summed E-state index contributed by atoms with van der Waals surface area (Å²) in [5.41, 5.74) is 4.58. The van der Waals surface area contributed by atoms with Gasteiger partial charge in [-0.25, -0.2) is 0 Å². The molecule has 5 heteroatoms. The normalized spacial score (nSPS) is 10.2. The lowest BCUT2D eigenvalue weighted by molar-refractivity contribution is -0.115. The third-order valence-electron chi connectivity index (χ3n) is 3.92. The summed E-state index contributed by atoms with van der Waals surface area (Å²) in [6.45, 7) is 1.83. The maximum absolute atomic E-state index is 11.6. The van der Waals surface area contributed by atoms with Gasteiger partial charge in [0.15, 0.2) is 0 Å². The minimum atomic E-state index is -0.00445. The number of anilines is 3. The van der Waals surface area contributed by atoms with Crippen molar-refractivity contribution in [3.05, 3.63) is 67.0 Å². The highest BCUT2D eigenvalue weighted by atomic mass is 16.5. The Morgan fingerprint density at radius 1 is 0.962 bits per heavy atom. The zero-order chi connectivity index (χ0) is 18.4. The average Bonchev–Trinajstić information content (AvgIpc) is 2.69. The molecular weight excluding hydrogens is 326 g/mol. The predicted molar refractivity (Wildman–Crippen MR) is 105 cm³/mol. The summed E-state index contributed by atoms with van der Waals surface area (Å²) in [5.74, 6) is 0.809. The molecule has 0 atom stereocenters. The zero-order valence-electron chi connectivity index (χ0n) is 14.8. The highest BCUT2D eigenvalue weighted by molar-refractivity contribution is 5.91. The summed E-state index contributed by atoms with van der Waals surface area (Å²) in [6.07, 6.45) is 4.03. The van der Waals surface area contributed by atoms with Crippen LogP contribution in [0, 0.1) is 0 Å². The number of rotatable bonds is 6. The molecule has 0 radical (unpaired) electrons. The molecule has 3 rings (SSSR count). The summed E-state index contributed by atoms with van der Waals surface area (Å²) >= 11 is 0. The van der Waals surface area contributed by atoms with E-state index in [9.17, 15) is 4.79 Å². The Kier molecular flexibility index (Phi) is 5.49. The van der Waals surface area contributed by atoms with Crippen LogP contribution in [0.1, 0.15) is 13.3 Å². The van der Waals surface area contributed by atoms with Gasteiger partial charge in [-0.2, -0.15) is 0 Å². The smallest absolute Gasteiger partial charge is 0.224 e. The maximum atomic E-state index is 11.6. The number of benzene rings is 2. The van der Waals surface area contributed by atoms with Crippen molar-refractivity contribution in [2.24, 2.45) is 0 Å². The molecule has 0 unspecified atom stereocenters. The Labute approximate surface area is 153 Å². The molecule has 0 aliphatic rings. The molecule has 0 fully saturated rings. The second-order valence-corrected chi connectivity index (χ2v) is 5.80. The summed E-state index contributed by atoms with van der Waals surface area (Å²) in [4.78, 5) is 15.9. The molecule has 5 nitrogen and oxygen atoms in total. The molecule has 1 heterocycles. The topological polar surface area (TPSA) is 63.2 Å². The van der Waals surface area contributed by atoms with E-state index in [-0.39, 0.29) is 5.91 Å². The van der Waals surface area contributed by atoms with E-state index in [1.165, 1.54) is 0 Å². The number of pyridine rings is 1. The second kappa shape index (κ2) is 8.16. The van der Waals surface area contributed by atoms with E-state index < -0.39 is 0 Å². The summed E-state index contributed by atoms with van der Waals surface area (Å²) in [7, 11) is 1.65. The van der Waals surface area contributed by atoms with Gasteiger partial charge in [0.1, 0.15) is 5.75 Å². The van der Waals surface area contributed by atoms with Crippen LogP contribution in [-0.2, 0) is 4.79 Å². The number of carbonyl (C=O) groups excluding carboxylic acids is 1. The van der Waals surface area contributed by atoms with Crippen LogP contribution in [0.15, 0.2) is 67.0 Å². The standard InChI is InChI=1S/C21H21N3O2/c1-3-21(25)24-18-6-4-5-15(11-18)16-12-19(14-22-13-16)23-17-7-9-20(26-2)10-8-17/h4-14,23H,3H2,1-2H3,(H,24,25). The molecule has 132 valence electrons. The fourth-order valence-corrected chi connectivity index (χ4v) is 2.53. The highest BCUT2D eigenvalue weighted by Gasteiger charge is 2.04. The molecule has 0 bridgehead atoms. The number of methoxy groups -OCH3 is 1. The van der Waals surface area contributed by atoms with Gasteiger partial charge in [0.25, 0.3) is 0 Å². The Hall–Kier alpha value is -3.34. The highest BCUT2D eigenvalue weighted by Crippen LogP contribution is 2.26. The Balaban J connectivity index is 1.80. The molecule has 2 N–H and O–H groups in total. The van der Waals surface area contributed by atoms with Gasteiger partial charge < -0.3 is 15.4 Å². The molecule has 0 saturated heterocycles. The zero-order valence-corrected chi connectivity index (χ0v) is 14.8. The molecule has 26 heavy (non-hydrogen) atoms. The number of ether oxygens (including phenoxy) is 1. The van der Waals surface area contributed by atoms with E-state index in [0.29, 0.717) is 6.42 Å². The number of nitrogens with zero attached hydrogens (tertiary/aromatic N) is 1. The molecule has 0 saturated carbocycles. The number of carbonyl (C=O) groups is 1. The van der Waals surface area contributed by atoms with Gasteiger partial charge >= 0.3 is 0 Å². The third-order valence-corrected chi connectivity index (χ3v) is 3.92. The van der Waals surface area contributed by atoms with Crippen molar-refractivity contribution in [1.82, 2.24) is 4.98 Å². The van der Waals surface area contributed by atoms with E-state index in [2.05, 4.69) is 15.6 Å². The molecule has 2 aromatic carbocycles. The molecule has 3 aromatic rings. The van der Waals surface area contributed by atoms with Gasteiger partial charge in [-0.15, -0.1) is 0 Å². The van der Waals surface area contributed by atoms with Crippen molar-refractivity contribution >= 4 is 23.0 Å². The van der Waals surface area contributed by atoms with E-state index in [1.54, 1.807) is 19.5 Å². The molecule has 1 amide bonds. The Bertz CT molecular complexity index is 892. The van der Waals surface area contributed by atoms with Crippen molar-refractivity contribution in [2.45, 2.75) is 13.3 Å². The first-order valence-corrected chi connectivity index (χ1v) is 8.44. The van der Waals surface area contributed by atoms with E-state index in [1.807, 2.05) is 61.5 Å². The Morgan fingerprint density at radius 3 is 2.46 bits per heavy atom. The SMILES string of the molecule is CCC(=O)Nc1cccc(-c2cncc(Nc3ccc(OC)cc3)c2)c1. The average molecular weight is 347 g/mol. The minimum Gasteiger partial charge on any atom is -0.497 e. The lowest BCUT2D eigenvalue weighted by Crippen LogP contribution is -2.09. The van der Waals surface area contributed by atoms with Gasteiger partial charge in [0.2, 0.25) is 5.91 Å². The predicted octanol–water partition coefficient (Wildman–Crippen LogP) is 4.85. The van der Waals surface area contributed by atoms with Crippen LogP contribution in [-0.4, -0.2) is 18.0 Å². The van der Waals surface area contributed by atoms with Crippen LogP contribution >= 0.6 is 0 Å². The van der Waals surface area contributed by atoms with Crippen molar-refractivity contribution in [2.75, 3.05) is 17.7 Å². The molecule has 0 aliphatic heterocycles. The van der Waals surface area contributed by atoms with Gasteiger partial charge in [-0.05, 0) is 48.0 Å². The van der Waals surface area contributed by atoms with Crippen LogP contribution in [0.2, 0.25) is 0 Å². The van der Waals surface area contributed by atoms with E-state index in [4.69, 9.17) is 4.74 Å². The first-order chi connectivity index (χ1) is 12.7. The number of nitrogens with one attached hydrogen (secondary N) is 2. The first kappa shape index (κ1) is 17.5. The van der Waals surface area contributed by atoms with Crippen molar-refractivity contribution in [3.63, 3.8) is 0 Å². The molecular formula is C21H21N3O2. The summed E-state index contributed by atoms with van der Waals surface area (Å²) in [5, 5.41) is 6.21. The number of aromatic nitrogens is 1. The lowest BCUT2D eigenvalue weighted by atomic mass is 10.1. The van der Waals surface area contributed by atoms with Crippen LogP contribution in [0.5, 0.6) is 5.75 Å². The van der Waals surface area contributed by atoms with Gasteiger partial charge in [-0.1, -0.05) is 19.1 Å². The Morgan fingerprint density at radius 2 is 1.73 bits per heavy atom. The van der Waals surface area contributed by atoms with Gasteiger partial charge in [0, 0.05) is 29.6 Å². The van der Waals surface area contributed by atoms with Crippen LogP contribution in [0.4, 0.5) is 17.1 Å². The number of amides is 1. The maximum Gasteiger partial charge on any atom is 0.224 e. The van der Waals surface area contributed by atoms with Gasteiger partial charge in [0.05, 0.1) is 19.0 Å². The van der Waals surface area contributed by atoms with Crippen LogP contribution in [0.3, 0.4) is 0 Å². The van der Waals surface area contributed by atoms with Crippen molar-refractivity contribution in [3.8, 4) is 16.9 Å². The minimum absolute atomic E-state index is 0.00445. The van der Waals surface area contributed by atoms with Crippen molar-refractivity contribution < 1.29 is 9.53 Å². The molecule has 0 spiro atoms. The quantitative estimate of drug-likeness (QED) is 0.669. The monoisotopic (exact) mass is 347 g/mol. The summed E-state index contributed by atoms with van der Waals surface area (Å²) < 4.78 is 5.17. The van der Waals surface area contributed by atoms with E-state index in [0.717, 1.165) is 33.9 Å². The fourth-order valence-electron chi connectivity index (χ4n) is 2.53. The third kappa shape index (κ3) is 4.39. The largest absolute Gasteiger partial charge is 0.497 e. The van der Waals surface area contributed by atoms with Crippen LogP contribution in [0.25, 0.3) is 11.1 Å². The fraction of sp³-hybridized carbons (Fsp3) is 0.143. The van der Waals surface area contributed by atoms with Gasteiger partial charge in [-0.3, -0.25) is 9.78 Å². The number of hydrogen-bond donors (Lipinski definition) is 2. The summed E-state index contributed by atoms with van der Waals surface area (Å²) in [6, 6.07) is 17.5. The van der Waals surface area contributed by atoms with E-state index >= 15 is 0 Å². The number of hydrogen-bond acceptors (Lipinski definition) is 4. The van der Waals surface area contributed by atoms with Crippen molar-refractivity contribution in [1.29, 1.82) is 0 Å². The first-order valence-electron chi connectivity index (χ1n) is 8.44. The van der Waals surface area contributed by atoms with Crippen LogP contribution < -0.4 is 15.4 Å². The second-order valence-electron chi connectivity index (χ2n) is 5.80. The molecule has 1 aromatic heterocycles. The lowest BCUT2D eigenvalue weighted by Gasteiger charge is -2.10. The molecule has 0 aliphatic carbocycles.